The van der Waals surface area contributed by atoms with Gasteiger partial charge in [-0.3, -0.25) is 9.59 Å². The molecule has 1 saturated heterocycles. The molecule has 1 N–H and O–H groups in total. The minimum Gasteiger partial charge on any atom is -0.394 e. The van der Waals surface area contributed by atoms with Crippen molar-refractivity contribution in [3.05, 3.63) is 65.5 Å². The fourth-order valence-electron chi connectivity index (χ4n) is 4.27. The zero-order valence-electron chi connectivity index (χ0n) is 14.3. The number of fused-ring (bicyclic) bond motifs is 3. The predicted octanol–water partition coefficient (Wildman–Crippen LogP) is 2.16. The second-order valence-corrected chi connectivity index (χ2v) is 6.75. The van der Waals surface area contributed by atoms with Crippen LogP contribution in [0, 0.1) is 5.82 Å². The van der Waals surface area contributed by atoms with Gasteiger partial charge in [0.05, 0.1) is 18.7 Å². The van der Waals surface area contributed by atoms with E-state index in [9.17, 15) is 19.1 Å². The van der Waals surface area contributed by atoms with Crippen molar-refractivity contribution in [1.82, 2.24) is 4.90 Å². The van der Waals surface area contributed by atoms with Crippen molar-refractivity contribution in [2.75, 3.05) is 18.1 Å². The van der Waals surface area contributed by atoms with E-state index in [4.69, 9.17) is 0 Å². The molecule has 0 unspecified atom stereocenters. The summed E-state index contributed by atoms with van der Waals surface area (Å²) in [6.45, 7) is 1.72. The van der Waals surface area contributed by atoms with E-state index in [1.165, 1.54) is 31.2 Å². The second kappa shape index (κ2) is 6.21. The van der Waals surface area contributed by atoms with Crippen LogP contribution in [-0.2, 0) is 4.79 Å². The lowest BCUT2D eigenvalue weighted by Gasteiger charge is -2.58. The molecule has 26 heavy (non-hydrogen) atoms. The summed E-state index contributed by atoms with van der Waals surface area (Å²) in [7, 11) is 0. The van der Waals surface area contributed by atoms with Gasteiger partial charge in [0.25, 0.3) is 5.91 Å². The van der Waals surface area contributed by atoms with Gasteiger partial charge in [-0.2, -0.15) is 0 Å². The summed E-state index contributed by atoms with van der Waals surface area (Å²) in [5.74, 6) is -0.726. The quantitative estimate of drug-likeness (QED) is 0.899. The predicted molar refractivity (Wildman–Crippen MR) is 94.4 cm³/mol. The monoisotopic (exact) mass is 354 g/mol. The second-order valence-electron chi connectivity index (χ2n) is 6.75. The third-order valence-electron chi connectivity index (χ3n) is 5.39. The number of likely N-dealkylation sites (tertiary alicyclic amines) is 1. The minimum absolute atomic E-state index is 0.0115. The Kier molecular flexibility index (Phi) is 4.00. The Labute approximate surface area is 150 Å². The SMILES string of the molecule is CC(=O)N1[C@@H](CO)[C@@H]2c3ccccc3N(C(=O)c3ccc(F)cc3)C[C@@H]21. The Hall–Kier alpha value is -2.73. The number of hydrogen-bond donors (Lipinski definition) is 1. The van der Waals surface area contributed by atoms with Crippen LogP contribution in [0.4, 0.5) is 10.1 Å². The van der Waals surface area contributed by atoms with Gasteiger partial charge in [0.15, 0.2) is 0 Å². The van der Waals surface area contributed by atoms with Gasteiger partial charge in [-0.1, -0.05) is 18.2 Å². The van der Waals surface area contributed by atoms with E-state index in [-0.39, 0.29) is 36.4 Å². The van der Waals surface area contributed by atoms with Crippen LogP contribution in [-0.4, -0.2) is 47.1 Å². The number of halogens is 1. The first-order chi connectivity index (χ1) is 12.5. The third-order valence-corrected chi connectivity index (χ3v) is 5.39. The lowest BCUT2D eigenvalue weighted by atomic mass is 9.72. The van der Waals surface area contributed by atoms with E-state index in [2.05, 4.69) is 0 Å². The summed E-state index contributed by atoms with van der Waals surface area (Å²) < 4.78 is 13.2. The van der Waals surface area contributed by atoms with Crippen LogP contribution < -0.4 is 4.90 Å². The summed E-state index contributed by atoms with van der Waals surface area (Å²) in [5, 5.41) is 9.74. The Morgan fingerprint density at radius 3 is 2.50 bits per heavy atom. The lowest BCUT2D eigenvalue weighted by molar-refractivity contribution is -0.147. The molecule has 0 bridgehead atoms. The smallest absolute Gasteiger partial charge is 0.258 e. The summed E-state index contributed by atoms with van der Waals surface area (Å²) >= 11 is 0. The van der Waals surface area contributed by atoms with Gasteiger partial charge in [0.1, 0.15) is 5.82 Å². The molecule has 6 heteroatoms. The topological polar surface area (TPSA) is 60.9 Å². The van der Waals surface area contributed by atoms with Gasteiger partial charge in [-0.25, -0.2) is 4.39 Å². The zero-order valence-corrected chi connectivity index (χ0v) is 14.3. The number of aliphatic hydroxyl groups is 1. The fourth-order valence-corrected chi connectivity index (χ4v) is 4.27. The van der Waals surface area contributed by atoms with Crippen LogP contribution in [0.3, 0.4) is 0 Å². The first-order valence-electron chi connectivity index (χ1n) is 8.59. The highest BCUT2D eigenvalue weighted by atomic mass is 19.1. The number of rotatable bonds is 2. The third kappa shape index (κ3) is 2.41. The molecular formula is C20H19FN2O3. The molecule has 2 heterocycles. The number of carbonyl (C=O) groups is 2. The number of carbonyl (C=O) groups excluding carboxylic acids is 2. The molecule has 5 nitrogen and oxygen atoms in total. The van der Waals surface area contributed by atoms with Gasteiger partial charge >= 0.3 is 0 Å². The molecule has 0 aromatic heterocycles. The van der Waals surface area contributed by atoms with Gasteiger partial charge in [-0.05, 0) is 35.9 Å². The summed E-state index contributed by atoms with van der Waals surface area (Å²) in [6, 6.07) is 12.6. The Bertz CT molecular complexity index is 868. The van der Waals surface area contributed by atoms with E-state index >= 15 is 0 Å². The van der Waals surface area contributed by atoms with Crippen molar-refractivity contribution in [3.8, 4) is 0 Å². The number of amides is 2. The van der Waals surface area contributed by atoms with E-state index in [1.807, 2.05) is 24.3 Å². The van der Waals surface area contributed by atoms with Crippen molar-refractivity contribution in [2.24, 2.45) is 0 Å². The number of aliphatic hydroxyl groups excluding tert-OH is 1. The summed E-state index contributed by atoms with van der Waals surface area (Å²) in [6.07, 6.45) is 0. The van der Waals surface area contributed by atoms with Crippen molar-refractivity contribution < 1.29 is 19.1 Å². The molecule has 2 aliphatic rings. The Morgan fingerprint density at radius 2 is 1.85 bits per heavy atom. The highest BCUT2D eigenvalue weighted by Crippen LogP contribution is 2.48. The first-order valence-corrected chi connectivity index (χ1v) is 8.59. The van der Waals surface area contributed by atoms with E-state index in [0.29, 0.717) is 12.1 Å². The lowest BCUT2D eigenvalue weighted by Crippen LogP contribution is -2.70. The Morgan fingerprint density at radius 1 is 1.15 bits per heavy atom. The molecule has 3 atom stereocenters. The average molecular weight is 354 g/mol. The molecule has 4 rings (SSSR count). The number of anilines is 1. The first kappa shape index (κ1) is 16.7. The Balaban J connectivity index is 1.74. The van der Waals surface area contributed by atoms with Crippen LogP contribution in [0.2, 0.25) is 0 Å². The average Bonchev–Trinajstić information content (AvgIpc) is 2.62. The number of nitrogens with zero attached hydrogens (tertiary/aromatic N) is 2. The molecule has 0 aliphatic carbocycles. The number of benzene rings is 2. The normalized spacial score (nSPS) is 23.7. The van der Waals surface area contributed by atoms with Crippen LogP contribution in [0.5, 0.6) is 0 Å². The van der Waals surface area contributed by atoms with E-state index in [0.717, 1.165) is 11.3 Å². The maximum Gasteiger partial charge on any atom is 0.258 e. The van der Waals surface area contributed by atoms with E-state index < -0.39 is 5.82 Å². The molecule has 2 aromatic rings. The van der Waals surface area contributed by atoms with Gasteiger partial charge in [0.2, 0.25) is 5.91 Å². The van der Waals surface area contributed by atoms with Crippen LogP contribution >= 0.6 is 0 Å². The molecule has 2 aromatic carbocycles. The molecule has 2 aliphatic heterocycles. The molecule has 0 saturated carbocycles. The van der Waals surface area contributed by atoms with Crippen LogP contribution in [0.1, 0.15) is 28.8 Å². The minimum atomic E-state index is -0.395. The molecular weight excluding hydrogens is 335 g/mol. The summed E-state index contributed by atoms with van der Waals surface area (Å²) in [4.78, 5) is 28.3. The van der Waals surface area contributed by atoms with Crippen molar-refractivity contribution >= 4 is 17.5 Å². The number of para-hydroxylation sites is 1. The zero-order chi connectivity index (χ0) is 18.4. The van der Waals surface area contributed by atoms with Gasteiger partial charge < -0.3 is 14.9 Å². The maximum atomic E-state index is 13.2. The standard InChI is InChI=1S/C20H19FN2O3/c1-12(25)23-17-10-22(20(26)13-6-8-14(21)9-7-13)16-5-3-2-4-15(16)19(17)18(23)11-24/h2-9,17-19,24H,10-11H2,1H3/t17-,18-,19+/m0/s1. The maximum absolute atomic E-state index is 13.2. The van der Waals surface area contributed by atoms with Crippen molar-refractivity contribution in [1.29, 1.82) is 0 Å². The van der Waals surface area contributed by atoms with Crippen molar-refractivity contribution in [3.63, 3.8) is 0 Å². The molecule has 0 radical (unpaired) electrons. The largest absolute Gasteiger partial charge is 0.394 e. The molecule has 0 spiro atoms. The summed E-state index contributed by atoms with van der Waals surface area (Å²) in [5.41, 5.74) is 2.13. The molecule has 134 valence electrons. The fraction of sp³-hybridized carbons (Fsp3) is 0.300. The highest BCUT2D eigenvalue weighted by molar-refractivity contribution is 6.07. The molecule has 1 fully saturated rings. The highest BCUT2D eigenvalue weighted by Gasteiger charge is 2.54. The van der Waals surface area contributed by atoms with Crippen LogP contribution in [0.25, 0.3) is 0 Å². The number of hydrogen-bond acceptors (Lipinski definition) is 3. The molecule has 2 amide bonds. The van der Waals surface area contributed by atoms with Crippen molar-refractivity contribution in [2.45, 2.75) is 24.9 Å². The van der Waals surface area contributed by atoms with Gasteiger partial charge in [0, 0.05) is 30.6 Å². The van der Waals surface area contributed by atoms with E-state index in [1.54, 1.807) is 9.80 Å². The van der Waals surface area contributed by atoms with Crippen LogP contribution in [0.15, 0.2) is 48.5 Å². The van der Waals surface area contributed by atoms with Gasteiger partial charge in [-0.15, -0.1) is 0 Å².